The SMILES string of the molecule is C1=CCC2=C3CC4(CNCC4c4ccccc43)C2=C1. The fourth-order valence-corrected chi connectivity index (χ4v) is 4.80. The summed E-state index contributed by atoms with van der Waals surface area (Å²) in [6.07, 6.45) is 9.34. The number of nitrogens with one attached hydrogen (secondary N) is 1. The van der Waals surface area contributed by atoms with E-state index in [1.165, 1.54) is 12.0 Å². The number of benzene rings is 1. The highest BCUT2D eigenvalue weighted by Crippen LogP contribution is 2.64. The summed E-state index contributed by atoms with van der Waals surface area (Å²) in [7, 11) is 0. The molecule has 2 unspecified atom stereocenters. The second-order valence-electron chi connectivity index (χ2n) is 6.27. The first-order chi connectivity index (χ1) is 9.40. The Kier molecular flexibility index (Phi) is 1.77. The molecule has 1 aliphatic heterocycles. The molecule has 1 spiro atoms. The second kappa shape index (κ2) is 3.29. The maximum absolute atomic E-state index is 3.67. The smallest absolute Gasteiger partial charge is 0.0202 e. The summed E-state index contributed by atoms with van der Waals surface area (Å²) >= 11 is 0. The Bertz CT molecular complexity index is 677. The predicted molar refractivity (Wildman–Crippen MR) is 77.9 cm³/mol. The third kappa shape index (κ3) is 1.07. The lowest BCUT2D eigenvalue weighted by Gasteiger charge is -2.37. The summed E-state index contributed by atoms with van der Waals surface area (Å²) < 4.78 is 0. The Morgan fingerprint density at radius 1 is 1.16 bits per heavy atom. The van der Waals surface area contributed by atoms with Gasteiger partial charge < -0.3 is 5.32 Å². The molecule has 1 heterocycles. The first kappa shape index (κ1) is 10.2. The van der Waals surface area contributed by atoms with Crippen molar-refractivity contribution < 1.29 is 0 Å². The molecule has 1 fully saturated rings. The molecule has 2 atom stereocenters. The highest BCUT2D eigenvalue weighted by atomic mass is 15.0. The van der Waals surface area contributed by atoms with Gasteiger partial charge in [-0.1, -0.05) is 42.5 Å². The highest BCUT2D eigenvalue weighted by molar-refractivity contribution is 5.84. The van der Waals surface area contributed by atoms with E-state index in [0.717, 1.165) is 19.5 Å². The Balaban J connectivity index is 1.87. The van der Waals surface area contributed by atoms with Crippen LogP contribution in [0.15, 0.2) is 53.6 Å². The van der Waals surface area contributed by atoms with Crippen molar-refractivity contribution in [3.05, 3.63) is 64.8 Å². The van der Waals surface area contributed by atoms with E-state index in [9.17, 15) is 0 Å². The Hall–Kier alpha value is -1.60. The van der Waals surface area contributed by atoms with Gasteiger partial charge in [-0.25, -0.2) is 0 Å². The molecule has 0 radical (unpaired) electrons. The lowest BCUT2D eigenvalue weighted by Crippen LogP contribution is -2.31. The van der Waals surface area contributed by atoms with E-state index in [1.54, 1.807) is 22.3 Å². The first-order valence-electron chi connectivity index (χ1n) is 7.30. The van der Waals surface area contributed by atoms with E-state index < -0.39 is 0 Å². The Labute approximate surface area is 113 Å². The summed E-state index contributed by atoms with van der Waals surface area (Å²) in [6, 6.07) is 9.09. The molecule has 0 saturated carbocycles. The summed E-state index contributed by atoms with van der Waals surface area (Å²) in [5.74, 6) is 0.669. The lowest BCUT2D eigenvalue weighted by atomic mass is 9.65. The van der Waals surface area contributed by atoms with Gasteiger partial charge >= 0.3 is 0 Å². The van der Waals surface area contributed by atoms with Crippen molar-refractivity contribution in [1.82, 2.24) is 5.32 Å². The van der Waals surface area contributed by atoms with E-state index in [4.69, 9.17) is 0 Å². The van der Waals surface area contributed by atoms with Gasteiger partial charge in [-0.05, 0) is 40.7 Å². The van der Waals surface area contributed by atoms with Crippen molar-refractivity contribution in [2.45, 2.75) is 18.8 Å². The van der Waals surface area contributed by atoms with Gasteiger partial charge in [0, 0.05) is 24.4 Å². The number of hydrogen-bond donors (Lipinski definition) is 1. The molecule has 0 amide bonds. The first-order valence-corrected chi connectivity index (χ1v) is 7.30. The normalized spacial score (nSPS) is 33.9. The van der Waals surface area contributed by atoms with Gasteiger partial charge in [-0.15, -0.1) is 0 Å². The number of rotatable bonds is 0. The van der Waals surface area contributed by atoms with E-state index >= 15 is 0 Å². The van der Waals surface area contributed by atoms with Crippen LogP contribution in [-0.2, 0) is 0 Å². The topological polar surface area (TPSA) is 12.0 Å². The molecule has 2 bridgehead atoms. The fourth-order valence-electron chi connectivity index (χ4n) is 4.80. The van der Waals surface area contributed by atoms with Crippen LogP contribution in [-0.4, -0.2) is 13.1 Å². The molecule has 19 heavy (non-hydrogen) atoms. The zero-order chi connectivity index (χ0) is 12.4. The van der Waals surface area contributed by atoms with Crippen molar-refractivity contribution in [2.24, 2.45) is 5.41 Å². The molecule has 1 N–H and O–H groups in total. The lowest BCUT2D eigenvalue weighted by molar-refractivity contribution is 0.370. The summed E-state index contributed by atoms with van der Waals surface area (Å²) in [5.41, 5.74) is 8.37. The zero-order valence-electron chi connectivity index (χ0n) is 10.9. The van der Waals surface area contributed by atoms with Gasteiger partial charge in [0.25, 0.3) is 0 Å². The molecule has 4 aliphatic rings. The van der Waals surface area contributed by atoms with Crippen molar-refractivity contribution in [3.8, 4) is 0 Å². The summed E-state index contributed by atoms with van der Waals surface area (Å²) in [4.78, 5) is 0. The van der Waals surface area contributed by atoms with Crippen molar-refractivity contribution in [1.29, 1.82) is 0 Å². The summed E-state index contributed by atoms with van der Waals surface area (Å²) in [5, 5.41) is 3.67. The zero-order valence-corrected chi connectivity index (χ0v) is 10.9. The average molecular weight is 247 g/mol. The molecule has 5 rings (SSSR count). The van der Waals surface area contributed by atoms with E-state index in [2.05, 4.69) is 47.8 Å². The summed E-state index contributed by atoms with van der Waals surface area (Å²) in [6.45, 7) is 2.29. The Morgan fingerprint density at radius 3 is 3.11 bits per heavy atom. The van der Waals surface area contributed by atoms with E-state index in [1.807, 2.05) is 0 Å². The minimum atomic E-state index is 0.365. The molecule has 94 valence electrons. The standard InChI is InChI=1S/C18H17N/c1-2-6-13-12(5-1)15-9-18(11-19-10-17(13)18)16-8-4-3-7-14(15)16/h1-6,8,17,19H,7,9-11H2. The molecular weight excluding hydrogens is 230 g/mol. The second-order valence-corrected chi connectivity index (χ2v) is 6.27. The number of allylic oxidation sites excluding steroid dienone is 5. The predicted octanol–water partition coefficient (Wildman–Crippen LogP) is 3.42. The number of fused-ring (bicyclic) bond motifs is 3. The third-order valence-corrected chi connectivity index (χ3v) is 5.56. The van der Waals surface area contributed by atoms with E-state index in [0.29, 0.717) is 11.3 Å². The molecular formula is C18H17N. The molecule has 1 saturated heterocycles. The van der Waals surface area contributed by atoms with Gasteiger partial charge in [0.15, 0.2) is 0 Å². The van der Waals surface area contributed by atoms with E-state index in [-0.39, 0.29) is 0 Å². The quantitative estimate of drug-likeness (QED) is 0.740. The van der Waals surface area contributed by atoms with Crippen LogP contribution >= 0.6 is 0 Å². The third-order valence-electron chi connectivity index (χ3n) is 5.56. The van der Waals surface area contributed by atoms with Crippen LogP contribution in [0.2, 0.25) is 0 Å². The molecule has 1 nitrogen and oxygen atoms in total. The van der Waals surface area contributed by atoms with Crippen LogP contribution in [0.25, 0.3) is 5.57 Å². The monoisotopic (exact) mass is 247 g/mol. The van der Waals surface area contributed by atoms with Gasteiger partial charge in [0.05, 0.1) is 0 Å². The molecule has 3 aliphatic carbocycles. The maximum atomic E-state index is 3.67. The van der Waals surface area contributed by atoms with Crippen LogP contribution < -0.4 is 5.32 Å². The van der Waals surface area contributed by atoms with Gasteiger partial charge in [-0.2, -0.15) is 0 Å². The molecule has 0 aromatic heterocycles. The minimum Gasteiger partial charge on any atom is -0.315 e. The van der Waals surface area contributed by atoms with Crippen LogP contribution in [0.1, 0.15) is 29.9 Å². The molecule has 1 aromatic rings. The van der Waals surface area contributed by atoms with Crippen molar-refractivity contribution in [2.75, 3.05) is 13.1 Å². The Morgan fingerprint density at radius 2 is 2.11 bits per heavy atom. The molecule has 1 heteroatoms. The van der Waals surface area contributed by atoms with Crippen molar-refractivity contribution in [3.63, 3.8) is 0 Å². The highest BCUT2D eigenvalue weighted by Gasteiger charge is 2.55. The van der Waals surface area contributed by atoms with Gasteiger partial charge in [0.1, 0.15) is 0 Å². The largest absolute Gasteiger partial charge is 0.315 e. The van der Waals surface area contributed by atoms with Gasteiger partial charge in [0.2, 0.25) is 0 Å². The average Bonchev–Trinajstić information content (AvgIpc) is 3.03. The van der Waals surface area contributed by atoms with Crippen molar-refractivity contribution >= 4 is 5.57 Å². The number of hydrogen-bond acceptors (Lipinski definition) is 1. The van der Waals surface area contributed by atoms with Crippen LogP contribution in [0.5, 0.6) is 0 Å². The van der Waals surface area contributed by atoms with Crippen LogP contribution in [0, 0.1) is 5.41 Å². The van der Waals surface area contributed by atoms with Gasteiger partial charge in [-0.3, -0.25) is 0 Å². The fraction of sp³-hybridized carbons (Fsp3) is 0.333. The minimum absolute atomic E-state index is 0.365. The van der Waals surface area contributed by atoms with Crippen LogP contribution in [0.4, 0.5) is 0 Å². The maximum Gasteiger partial charge on any atom is 0.0202 e. The molecule has 1 aromatic carbocycles. The van der Waals surface area contributed by atoms with Crippen LogP contribution in [0.3, 0.4) is 0 Å².